The molecule has 0 aromatic heterocycles. The van der Waals surface area contributed by atoms with E-state index >= 15 is 0 Å². The molecule has 0 saturated carbocycles. The normalized spacial score (nSPS) is 10.9. The largest absolute Gasteiger partial charge is 0.316 e. The van der Waals surface area contributed by atoms with Gasteiger partial charge in [0, 0.05) is 0 Å². The van der Waals surface area contributed by atoms with Gasteiger partial charge in [-0.15, -0.1) is 0 Å². The Bertz CT molecular complexity index is 322. The zero-order valence-electron chi connectivity index (χ0n) is 7.70. The van der Waals surface area contributed by atoms with Gasteiger partial charge in [-0.05, 0) is 31.5 Å². The maximum atomic E-state index is 8.86. The summed E-state index contributed by atoms with van der Waals surface area (Å²) in [6.45, 7) is 3.71. The summed E-state index contributed by atoms with van der Waals surface area (Å²) in [5, 5.41) is 17.4. The van der Waals surface area contributed by atoms with Gasteiger partial charge in [-0.25, -0.2) is 0 Å². The van der Waals surface area contributed by atoms with Crippen LogP contribution < -0.4 is 5.48 Å². The van der Waals surface area contributed by atoms with Crippen LogP contribution in [0.3, 0.4) is 0 Å². The Morgan fingerprint density at radius 2 is 1.85 bits per heavy atom. The molecule has 0 atom stereocenters. The smallest absolute Gasteiger partial charge is 0.0991 e. The quantitative estimate of drug-likeness (QED) is 0.675. The molecule has 0 aliphatic heterocycles. The van der Waals surface area contributed by atoms with Crippen LogP contribution >= 0.6 is 0 Å². The average Bonchev–Trinajstić information content (AvgIpc) is 2.18. The van der Waals surface area contributed by atoms with Gasteiger partial charge in [0.1, 0.15) is 0 Å². The molecule has 1 aromatic carbocycles. The first-order valence-electron chi connectivity index (χ1n) is 4.02. The number of nitrogens with one attached hydrogen (secondary N) is 1. The number of hydrogen-bond donors (Lipinski definition) is 2. The summed E-state index contributed by atoms with van der Waals surface area (Å²) in [6, 6.07) is 9.14. The Hall–Kier alpha value is -1.37. The zero-order valence-corrected chi connectivity index (χ0v) is 7.70. The highest BCUT2D eigenvalue weighted by atomic mass is 16.5. The van der Waals surface area contributed by atoms with Gasteiger partial charge in [-0.2, -0.15) is 10.7 Å². The number of benzene rings is 1. The van der Waals surface area contributed by atoms with E-state index in [4.69, 9.17) is 10.5 Å². The van der Waals surface area contributed by atoms with Crippen molar-refractivity contribution in [1.29, 1.82) is 5.26 Å². The van der Waals surface area contributed by atoms with Crippen LogP contribution in [-0.2, 0) is 5.54 Å². The molecule has 0 aliphatic carbocycles. The number of nitrogens with zero attached hydrogens (tertiary/aromatic N) is 1. The Kier molecular flexibility index (Phi) is 2.66. The van der Waals surface area contributed by atoms with Crippen LogP contribution in [0.15, 0.2) is 24.3 Å². The number of hydrogen-bond acceptors (Lipinski definition) is 3. The van der Waals surface area contributed by atoms with E-state index in [0.29, 0.717) is 5.56 Å². The van der Waals surface area contributed by atoms with E-state index in [1.807, 2.05) is 32.0 Å². The third kappa shape index (κ3) is 2.05. The summed E-state index contributed by atoms with van der Waals surface area (Å²) in [6.07, 6.45) is 0. The van der Waals surface area contributed by atoms with Crippen LogP contribution in [0.1, 0.15) is 25.0 Å². The van der Waals surface area contributed by atoms with E-state index in [2.05, 4.69) is 5.48 Å². The SMILES string of the molecule is CC(C)(NO)c1ccc(C#N)cc1. The van der Waals surface area contributed by atoms with E-state index in [1.54, 1.807) is 12.1 Å². The summed E-state index contributed by atoms with van der Waals surface area (Å²) < 4.78 is 0. The summed E-state index contributed by atoms with van der Waals surface area (Å²) >= 11 is 0. The second-order valence-corrected chi connectivity index (χ2v) is 3.43. The van der Waals surface area contributed by atoms with Gasteiger partial charge in [0.25, 0.3) is 0 Å². The summed E-state index contributed by atoms with van der Waals surface area (Å²) in [4.78, 5) is 0. The van der Waals surface area contributed by atoms with Crippen LogP contribution in [-0.4, -0.2) is 5.21 Å². The number of hydroxylamine groups is 1. The lowest BCUT2D eigenvalue weighted by Crippen LogP contribution is -2.33. The average molecular weight is 176 g/mol. The van der Waals surface area contributed by atoms with E-state index in [-0.39, 0.29) is 0 Å². The van der Waals surface area contributed by atoms with Gasteiger partial charge < -0.3 is 5.21 Å². The van der Waals surface area contributed by atoms with Crippen molar-refractivity contribution in [2.45, 2.75) is 19.4 Å². The van der Waals surface area contributed by atoms with Crippen LogP contribution in [0.2, 0.25) is 0 Å². The van der Waals surface area contributed by atoms with Crippen LogP contribution in [0.25, 0.3) is 0 Å². The van der Waals surface area contributed by atoms with Crippen LogP contribution in [0.4, 0.5) is 0 Å². The Morgan fingerprint density at radius 1 is 1.31 bits per heavy atom. The molecule has 0 bridgehead atoms. The molecule has 3 heteroatoms. The lowest BCUT2D eigenvalue weighted by molar-refractivity contribution is 0.0806. The van der Waals surface area contributed by atoms with Crippen molar-refractivity contribution in [3.8, 4) is 6.07 Å². The number of rotatable bonds is 2. The molecule has 0 spiro atoms. The van der Waals surface area contributed by atoms with Crippen molar-refractivity contribution in [1.82, 2.24) is 5.48 Å². The van der Waals surface area contributed by atoms with E-state index < -0.39 is 5.54 Å². The van der Waals surface area contributed by atoms with Crippen molar-refractivity contribution in [3.63, 3.8) is 0 Å². The maximum absolute atomic E-state index is 8.86. The van der Waals surface area contributed by atoms with Crippen molar-refractivity contribution in [2.24, 2.45) is 0 Å². The van der Waals surface area contributed by atoms with Gasteiger partial charge in [0.15, 0.2) is 0 Å². The fourth-order valence-electron chi connectivity index (χ4n) is 1.03. The molecular weight excluding hydrogens is 164 g/mol. The molecular formula is C10H12N2O. The highest BCUT2D eigenvalue weighted by Crippen LogP contribution is 2.19. The highest BCUT2D eigenvalue weighted by molar-refractivity contribution is 5.34. The summed E-state index contributed by atoms with van der Waals surface area (Å²) in [5.74, 6) is 0. The molecule has 68 valence electrons. The summed E-state index contributed by atoms with van der Waals surface area (Å²) in [5.41, 5.74) is 3.30. The predicted molar refractivity (Wildman–Crippen MR) is 49.1 cm³/mol. The minimum Gasteiger partial charge on any atom is -0.316 e. The third-order valence-corrected chi connectivity index (χ3v) is 2.02. The second-order valence-electron chi connectivity index (χ2n) is 3.43. The monoisotopic (exact) mass is 176 g/mol. The van der Waals surface area contributed by atoms with E-state index in [1.165, 1.54) is 0 Å². The highest BCUT2D eigenvalue weighted by Gasteiger charge is 2.18. The van der Waals surface area contributed by atoms with Gasteiger partial charge in [-0.3, -0.25) is 0 Å². The first-order valence-corrected chi connectivity index (χ1v) is 4.02. The summed E-state index contributed by atoms with van der Waals surface area (Å²) in [7, 11) is 0. The van der Waals surface area contributed by atoms with E-state index in [0.717, 1.165) is 5.56 Å². The van der Waals surface area contributed by atoms with Crippen LogP contribution in [0, 0.1) is 11.3 Å². The lowest BCUT2D eigenvalue weighted by Gasteiger charge is -2.22. The molecule has 0 fully saturated rings. The van der Waals surface area contributed by atoms with E-state index in [9.17, 15) is 0 Å². The molecule has 3 nitrogen and oxygen atoms in total. The minimum absolute atomic E-state index is 0.478. The molecule has 0 amide bonds. The van der Waals surface area contributed by atoms with Crippen molar-refractivity contribution < 1.29 is 5.21 Å². The first kappa shape index (κ1) is 9.72. The second kappa shape index (κ2) is 3.56. The molecule has 0 heterocycles. The lowest BCUT2D eigenvalue weighted by atomic mass is 9.95. The topological polar surface area (TPSA) is 56.0 Å². The fourth-order valence-corrected chi connectivity index (χ4v) is 1.03. The Balaban J connectivity index is 3.00. The van der Waals surface area contributed by atoms with Crippen molar-refractivity contribution >= 4 is 0 Å². The third-order valence-electron chi connectivity index (χ3n) is 2.02. The Morgan fingerprint density at radius 3 is 2.23 bits per heavy atom. The van der Waals surface area contributed by atoms with Crippen LogP contribution in [0.5, 0.6) is 0 Å². The first-order chi connectivity index (χ1) is 6.10. The minimum atomic E-state index is -0.478. The van der Waals surface area contributed by atoms with Crippen molar-refractivity contribution in [2.75, 3.05) is 0 Å². The predicted octanol–water partition coefficient (Wildman–Crippen LogP) is 1.77. The molecule has 0 unspecified atom stereocenters. The maximum Gasteiger partial charge on any atom is 0.0991 e. The molecule has 2 N–H and O–H groups in total. The fraction of sp³-hybridized carbons (Fsp3) is 0.300. The molecule has 0 saturated heterocycles. The van der Waals surface area contributed by atoms with Gasteiger partial charge in [0.2, 0.25) is 0 Å². The molecule has 0 radical (unpaired) electrons. The molecule has 0 aliphatic rings. The number of nitriles is 1. The van der Waals surface area contributed by atoms with Gasteiger partial charge in [-0.1, -0.05) is 12.1 Å². The zero-order chi connectivity index (χ0) is 9.90. The standard InChI is InChI=1S/C10H12N2O/c1-10(2,12-13)9-5-3-8(7-11)4-6-9/h3-6,12-13H,1-2H3. The van der Waals surface area contributed by atoms with Crippen molar-refractivity contribution in [3.05, 3.63) is 35.4 Å². The molecule has 13 heavy (non-hydrogen) atoms. The Labute approximate surface area is 77.6 Å². The molecule has 1 aromatic rings. The van der Waals surface area contributed by atoms with Gasteiger partial charge >= 0.3 is 0 Å². The van der Waals surface area contributed by atoms with Gasteiger partial charge in [0.05, 0.1) is 17.2 Å². The molecule has 1 rings (SSSR count).